The summed E-state index contributed by atoms with van der Waals surface area (Å²) >= 11 is 0. The molecule has 0 amide bonds. The van der Waals surface area contributed by atoms with Gasteiger partial charge in [-0.2, -0.15) is 0 Å². The first-order valence-corrected chi connectivity index (χ1v) is 9.89. The van der Waals surface area contributed by atoms with E-state index < -0.39 is 0 Å². The maximum absolute atomic E-state index is 12.7. The Morgan fingerprint density at radius 1 is 0.767 bits per heavy atom. The maximum atomic E-state index is 12.7. The van der Waals surface area contributed by atoms with Gasteiger partial charge in [-0.15, -0.1) is 12.4 Å². The molecule has 154 valence electrons. The van der Waals surface area contributed by atoms with E-state index in [2.05, 4.69) is 17.4 Å². The molecule has 30 heavy (non-hydrogen) atoms. The average Bonchev–Trinajstić information content (AvgIpc) is 2.80. The molecule has 0 spiro atoms. The summed E-state index contributed by atoms with van der Waals surface area (Å²) in [6, 6.07) is 26.0. The lowest BCUT2D eigenvalue weighted by molar-refractivity contribution is 0.0182. The van der Waals surface area contributed by atoms with Crippen molar-refractivity contribution >= 4 is 24.2 Å². The second-order valence-electron chi connectivity index (χ2n) is 7.23. The Hall–Kier alpha value is -2.95. The summed E-state index contributed by atoms with van der Waals surface area (Å²) in [7, 11) is 0. The van der Waals surface area contributed by atoms with Crippen molar-refractivity contribution in [3.8, 4) is 0 Å². The Bertz CT molecular complexity index is 974. The van der Waals surface area contributed by atoms with Gasteiger partial charge in [0.1, 0.15) is 6.10 Å². The molecule has 1 aliphatic rings. The van der Waals surface area contributed by atoms with Crippen molar-refractivity contribution in [3.05, 3.63) is 107 Å². The standard InChI is InChI=1S/C25H23NO3.ClH/c27-24(19-9-5-2-6-10-19)20-11-13-21(14-12-20)25(28)29-23-17-26-16-15-22(23)18-7-3-1-4-8-18;/h1-14,22-23,26H,15-17H2;1H/t22-,23+;/m0./s1. The van der Waals surface area contributed by atoms with Crippen LogP contribution in [0.25, 0.3) is 0 Å². The Morgan fingerprint density at radius 2 is 1.33 bits per heavy atom. The zero-order chi connectivity index (χ0) is 20.1. The summed E-state index contributed by atoms with van der Waals surface area (Å²) in [4.78, 5) is 25.2. The van der Waals surface area contributed by atoms with Gasteiger partial charge in [-0.05, 0) is 30.7 Å². The van der Waals surface area contributed by atoms with Crippen molar-refractivity contribution in [2.24, 2.45) is 0 Å². The molecule has 5 heteroatoms. The van der Waals surface area contributed by atoms with Crippen LogP contribution >= 0.6 is 12.4 Å². The normalized spacial score (nSPS) is 18.1. The number of rotatable bonds is 5. The van der Waals surface area contributed by atoms with Crippen LogP contribution in [0.2, 0.25) is 0 Å². The molecule has 3 aromatic carbocycles. The van der Waals surface area contributed by atoms with E-state index in [1.165, 1.54) is 5.56 Å². The molecule has 0 aliphatic carbocycles. The molecule has 0 unspecified atom stereocenters. The third-order valence-electron chi connectivity index (χ3n) is 5.33. The molecule has 1 saturated heterocycles. The fraction of sp³-hybridized carbons (Fsp3) is 0.200. The number of piperidine rings is 1. The Morgan fingerprint density at radius 3 is 2.00 bits per heavy atom. The van der Waals surface area contributed by atoms with Crippen molar-refractivity contribution < 1.29 is 14.3 Å². The molecule has 0 bridgehead atoms. The summed E-state index contributed by atoms with van der Waals surface area (Å²) in [5.41, 5.74) is 2.82. The van der Waals surface area contributed by atoms with Crippen LogP contribution in [0.5, 0.6) is 0 Å². The Kier molecular flexibility index (Phi) is 7.39. The van der Waals surface area contributed by atoms with Gasteiger partial charge in [0.05, 0.1) is 5.56 Å². The van der Waals surface area contributed by atoms with Crippen LogP contribution in [-0.2, 0) is 4.74 Å². The molecule has 4 rings (SSSR count). The molecule has 4 nitrogen and oxygen atoms in total. The minimum Gasteiger partial charge on any atom is -0.457 e. The number of benzene rings is 3. The zero-order valence-electron chi connectivity index (χ0n) is 16.5. The molecule has 1 heterocycles. The zero-order valence-corrected chi connectivity index (χ0v) is 17.3. The molecule has 0 aromatic heterocycles. The van der Waals surface area contributed by atoms with Gasteiger partial charge in [-0.1, -0.05) is 72.8 Å². The first-order chi connectivity index (χ1) is 14.2. The summed E-state index contributed by atoms with van der Waals surface area (Å²) in [5.74, 6) is -0.246. The first-order valence-electron chi connectivity index (χ1n) is 9.89. The van der Waals surface area contributed by atoms with Gasteiger partial charge in [-0.3, -0.25) is 4.79 Å². The van der Waals surface area contributed by atoms with Gasteiger partial charge in [0.25, 0.3) is 0 Å². The van der Waals surface area contributed by atoms with E-state index in [0.29, 0.717) is 23.2 Å². The number of carbonyl (C=O) groups is 2. The molecule has 0 saturated carbocycles. The van der Waals surface area contributed by atoms with Crippen LogP contribution in [0.1, 0.15) is 44.2 Å². The smallest absolute Gasteiger partial charge is 0.338 e. The highest BCUT2D eigenvalue weighted by molar-refractivity contribution is 6.09. The molecular formula is C25H24ClNO3. The summed E-state index contributed by atoms with van der Waals surface area (Å²) in [6.45, 7) is 1.54. The van der Waals surface area contributed by atoms with E-state index in [1.54, 1.807) is 36.4 Å². The minimum atomic E-state index is -0.363. The van der Waals surface area contributed by atoms with Gasteiger partial charge >= 0.3 is 5.97 Å². The van der Waals surface area contributed by atoms with Gasteiger partial charge in [0.2, 0.25) is 0 Å². The lowest BCUT2D eigenvalue weighted by Crippen LogP contribution is -2.42. The number of ketones is 1. The first kappa shape index (κ1) is 21.8. The fourth-order valence-electron chi connectivity index (χ4n) is 3.75. The van der Waals surface area contributed by atoms with Crippen molar-refractivity contribution in [2.75, 3.05) is 13.1 Å². The number of nitrogens with one attached hydrogen (secondary N) is 1. The quantitative estimate of drug-likeness (QED) is 0.481. The lowest BCUT2D eigenvalue weighted by atomic mass is 9.88. The fourth-order valence-corrected chi connectivity index (χ4v) is 3.75. The van der Waals surface area contributed by atoms with Crippen molar-refractivity contribution in [1.82, 2.24) is 5.32 Å². The monoisotopic (exact) mass is 421 g/mol. The maximum Gasteiger partial charge on any atom is 0.338 e. The highest BCUT2D eigenvalue weighted by atomic mass is 35.5. The Balaban J connectivity index is 0.00000256. The third-order valence-corrected chi connectivity index (χ3v) is 5.33. The second-order valence-corrected chi connectivity index (χ2v) is 7.23. The molecule has 0 radical (unpaired) electrons. The molecular weight excluding hydrogens is 398 g/mol. The van der Waals surface area contributed by atoms with Gasteiger partial charge in [0, 0.05) is 23.6 Å². The van der Waals surface area contributed by atoms with Crippen LogP contribution in [-0.4, -0.2) is 30.9 Å². The molecule has 2 atom stereocenters. The van der Waals surface area contributed by atoms with Gasteiger partial charge < -0.3 is 10.1 Å². The van der Waals surface area contributed by atoms with Gasteiger partial charge in [0.15, 0.2) is 5.78 Å². The molecule has 3 aromatic rings. The minimum absolute atomic E-state index is 0. The number of esters is 1. The lowest BCUT2D eigenvalue weighted by Gasteiger charge is -2.32. The van der Waals surface area contributed by atoms with E-state index in [0.717, 1.165) is 13.0 Å². The number of halogens is 1. The van der Waals surface area contributed by atoms with E-state index in [9.17, 15) is 9.59 Å². The van der Waals surface area contributed by atoms with E-state index >= 15 is 0 Å². The topological polar surface area (TPSA) is 55.4 Å². The van der Waals surface area contributed by atoms with E-state index in [1.807, 2.05) is 36.4 Å². The predicted molar refractivity (Wildman–Crippen MR) is 119 cm³/mol. The van der Waals surface area contributed by atoms with Gasteiger partial charge in [-0.25, -0.2) is 4.79 Å². The summed E-state index contributed by atoms with van der Waals surface area (Å²) in [5, 5.41) is 3.31. The molecule has 1 N–H and O–H groups in total. The highest BCUT2D eigenvalue weighted by Crippen LogP contribution is 2.28. The van der Waals surface area contributed by atoms with Crippen LogP contribution < -0.4 is 5.32 Å². The van der Waals surface area contributed by atoms with Crippen LogP contribution in [0, 0.1) is 0 Å². The van der Waals surface area contributed by atoms with Crippen LogP contribution in [0.15, 0.2) is 84.9 Å². The summed E-state index contributed by atoms with van der Waals surface area (Å²) < 4.78 is 5.84. The highest BCUT2D eigenvalue weighted by Gasteiger charge is 2.29. The van der Waals surface area contributed by atoms with Crippen molar-refractivity contribution in [2.45, 2.75) is 18.4 Å². The second kappa shape index (κ2) is 10.2. The number of ether oxygens (including phenoxy) is 1. The van der Waals surface area contributed by atoms with Crippen LogP contribution in [0.3, 0.4) is 0 Å². The number of hydrogen-bond donors (Lipinski definition) is 1. The third kappa shape index (κ3) is 4.96. The summed E-state index contributed by atoms with van der Waals surface area (Å²) in [6.07, 6.45) is 0.705. The number of carbonyl (C=O) groups excluding carboxylic acids is 2. The van der Waals surface area contributed by atoms with Crippen LogP contribution in [0.4, 0.5) is 0 Å². The molecule has 1 aliphatic heterocycles. The molecule has 1 fully saturated rings. The van der Waals surface area contributed by atoms with Crippen molar-refractivity contribution in [3.63, 3.8) is 0 Å². The largest absolute Gasteiger partial charge is 0.457 e. The van der Waals surface area contributed by atoms with E-state index in [-0.39, 0.29) is 36.2 Å². The predicted octanol–water partition coefficient (Wildman–Crippen LogP) is 4.64. The Labute approximate surface area is 182 Å². The average molecular weight is 422 g/mol. The van der Waals surface area contributed by atoms with E-state index in [4.69, 9.17) is 4.74 Å². The SMILES string of the molecule is Cl.O=C(O[C@@H]1CNCC[C@H]1c1ccccc1)c1ccc(C(=O)c2ccccc2)cc1. The number of hydrogen-bond acceptors (Lipinski definition) is 4. The van der Waals surface area contributed by atoms with Crippen molar-refractivity contribution in [1.29, 1.82) is 0 Å².